The standard InChI is InChI=1S/C10H11N5O3S2/c1-4-6-15(7-5-2)20(17,18)10-14-13-9(19-10)12-8(16)11-3/h1-2H,6-7H2,3H3,(H2,11,12,13,16). The molecule has 0 bridgehead atoms. The highest BCUT2D eigenvalue weighted by Crippen LogP contribution is 2.22. The molecule has 106 valence electrons. The van der Waals surface area contributed by atoms with E-state index in [-0.39, 0.29) is 22.6 Å². The van der Waals surface area contributed by atoms with Crippen molar-refractivity contribution in [1.29, 1.82) is 0 Å². The van der Waals surface area contributed by atoms with Gasteiger partial charge in [0.1, 0.15) is 0 Å². The molecule has 8 nitrogen and oxygen atoms in total. The van der Waals surface area contributed by atoms with Crippen molar-refractivity contribution in [3.8, 4) is 24.7 Å². The summed E-state index contributed by atoms with van der Waals surface area (Å²) in [4.78, 5) is 11.1. The summed E-state index contributed by atoms with van der Waals surface area (Å²) in [6.45, 7) is -0.353. The largest absolute Gasteiger partial charge is 0.341 e. The third-order valence-corrected chi connectivity index (χ3v) is 4.93. The highest BCUT2D eigenvalue weighted by atomic mass is 32.2. The zero-order valence-corrected chi connectivity index (χ0v) is 12.1. The van der Waals surface area contributed by atoms with Gasteiger partial charge < -0.3 is 5.32 Å². The third-order valence-electron chi connectivity index (χ3n) is 1.95. The van der Waals surface area contributed by atoms with Gasteiger partial charge in [0.05, 0.1) is 13.1 Å². The van der Waals surface area contributed by atoms with Crippen LogP contribution in [0.25, 0.3) is 0 Å². The van der Waals surface area contributed by atoms with Gasteiger partial charge in [0.25, 0.3) is 10.0 Å². The Morgan fingerprint density at radius 1 is 1.35 bits per heavy atom. The first-order valence-electron chi connectivity index (χ1n) is 5.15. The molecule has 0 spiro atoms. The van der Waals surface area contributed by atoms with Crippen molar-refractivity contribution in [3.05, 3.63) is 0 Å². The predicted octanol–water partition coefficient (Wildman–Crippen LogP) is -0.453. The summed E-state index contributed by atoms with van der Waals surface area (Å²) < 4.78 is 25.0. The van der Waals surface area contributed by atoms with Crippen LogP contribution < -0.4 is 10.6 Å². The fourth-order valence-electron chi connectivity index (χ4n) is 1.06. The zero-order chi connectivity index (χ0) is 15.2. The number of rotatable bonds is 5. The summed E-state index contributed by atoms with van der Waals surface area (Å²) >= 11 is 0.703. The van der Waals surface area contributed by atoms with E-state index < -0.39 is 16.1 Å². The van der Waals surface area contributed by atoms with Gasteiger partial charge in [0.15, 0.2) is 0 Å². The second-order valence-corrected chi connectivity index (χ2v) is 6.35. The lowest BCUT2D eigenvalue weighted by Gasteiger charge is -2.14. The van der Waals surface area contributed by atoms with Crippen molar-refractivity contribution in [2.24, 2.45) is 0 Å². The maximum atomic E-state index is 12.2. The fraction of sp³-hybridized carbons (Fsp3) is 0.300. The lowest BCUT2D eigenvalue weighted by molar-refractivity contribution is 0.254. The smallest absolute Gasteiger partial charge is 0.320 e. The van der Waals surface area contributed by atoms with Crippen LogP contribution in [0.1, 0.15) is 0 Å². The molecular formula is C10H11N5O3S2. The first kappa shape index (κ1) is 15.9. The van der Waals surface area contributed by atoms with E-state index in [0.29, 0.717) is 11.3 Å². The fourth-order valence-corrected chi connectivity index (χ4v) is 3.36. The number of sulfonamides is 1. The van der Waals surface area contributed by atoms with Crippen molar-refractivity contribution in [2.75, 3.05) is 25.5 Å². The third kappa shape index (κ3) is 3.68. The Hall–Kier alpha value is -2.14. The van der Waals surface area contributed by atoms with Crippen LogP contribution in [-0.2, 0) is 10.0 Å². The second-order valence-electron chi connectivity index (χ2n) is 3.26. The van der Waals surface area contributed by atoms with E-state index >= 15 is 0 Å². The minimum absolute atomic E-state index is 0.0456. The number of amides is 2. The molecule has 0 unspecified atom stereocenters. The minimum Gasteiger partial charge on any atom is -0.341 e. The van der Waals surface area contributed by atoms with E-state index in [2.05, 4.69) is 32.7 Å². The van der Waals surface area contributed by atoms with Crippen LogP contribution in [0.5, 0.6) is 0 Å². The number of carbonyl (C=O) groups is 1. The molecule has 0 aliphatic heterocycles. The van der Waals surface area contributed by atoms with Crippen molar-refractivity contribution in [2.45, 2.75) is 4.34 Å². The molecule has 0 fully saturated rings. The Morgan fingerprint density at radius 2 is 1.95 bits per heavy atom. The Balaban J connectivity index is 3.01. The van der Waals surface area contributed by atoms with Crippen LogP contribution >= 0.6 is 11.3 Å². The summed E-state index contributed by atoms with van der Waals surface area (Å²) in [6.07, 6.45) is 10.2. The van der Waals surface area contributed by atoms with Gasteiger partial charge in [-0.25, -0.2) is 13.2 Å². The van der Waals surface area contributed by atoms with Gasteiger partial charge in [0.2, 0.25) is 9.47 Å². The van der Waals surface area contributed by atoms with Crippen LogP contribution in [0.4, 0.5) is 9.93 Å². The van der Waals surface area contributed by atoms with Crippen LogP contribution in [-0.4, -0.2) is 49.1 Å². The van der Waals surface area contributed by atoms with Gasteiger partial charge in [-0.3, -0.25) is 5.32 Å². The number of nitrogens with one attached hydrogen (secondary N) is 2. The zero-order valence-electron chi connectivity index (χ0n) is 10.5. The van der Waals surface area contributed by atoms with Gasteiger partial charge in [-0.1, -0.05) is 23.2 Å². The molecule has 0 saturated carbocycles. The van der Waals surface area contributed by atoms with Crippen molar-refractivity contribution in [3.63, 3.8) is 0 Å². The number of carbonyl (C=O) groups excluding carboxylic acids is 1. The molecule has 0 radical (unpaired) electrons. The van der Waals surface area contributed by atoms with Crippen LogP contribution in [0.2, 0.25) is 0 Å². The molecule has 0 aliphatic carbocycles. The van der Waals surface area contributed by atoms with E-state index in [1.54, 1.807) is 0 Å². The quantitative estimate of drug-likeness (QED) is 0.566. The van der Waals surface area contributed by atoms with Crippen molar-refractivity contribution in [1.82, 2.24) is 19.8 Å². The predicted molar refractivity (Wildman–Crippen MR) is 74.4 cm³/mol. The van der Waals surface area contributed by atoms with E-state index in [0.717, 1.165) is 4.31 Å². The topological polar surface area (TPSA) is 104 Å². The van der Waals surface area contributed by atoms with Crippen LogP contribution in [0.3, 0.4) is 0 Å². The van der Waals surface area contributed by atoms with Crippen LogP contribution in [0, 0.1) is 24.7 Å². The number of hydrogen-bond donors (Lipinski definition) is 2. The van der Waals surface area contributed by atoms with E-state index in [9.17, 15) is 13.2 Å². The average molecular weight is 313 g/mol. The molecule has 0 saturated heterocycles. The highest BCUT2D eigenvalue weighted by molar-refractivity contribution is 7.91. The summed E-state index contributed by atoms with van der Waals surface area (Å²) in [6, 6.07) is -0.533. The lowest BCUT2D eigenvalue weighted by atomic mass is 10.6. The monoisotopic (exact) mass is 313 g/mol. The molecule has 1 rings (SSSR count). The SMILES string of the molecule is C#CCN(CC#C)S(=O)(=O)c1nnc(NC(=O)NC)s1. The Morgan fingerprint density at radius 3 is 2.45 bits per heavy atom. The van der Waals surface area contributed by atoms with Gasteiger partial charge >= 0.3 is 6.03 Å². The number of nitrogens with zero attached hydrogens (tertiary/aromatic N) is 3. The molecule has 0 atom stereocenters. The first-order chi connectivity index (χ1) is 9.45. The Bertz CT molecular complexity index is 652. The molecule has 10 heteroatoms. The highest BCUT2D eigenvalue weighted by Gasteiger charge is 2.27. The van der Waals surface area contributed by atoms with Crippen molar-refractivity contribution < 1.29 is 13.2 Å². The summed E-state index contributed by atoms with van der Waals surface area (Å²) in [7, 11) is -2.51. The van der Waals surface area contributed by atoms with E-state index in [1.807, 2.05) is 0 Å². The maximum absolute atomic E-state index is 12.2. The molecular weight excluding hydrogens is 302 g/mol. The van der Waals surface area contributed by atoms with Gasteiger partial charge in [-0.05, 0) is 0 Å². The number of urea groups is 1. The number of anilines is 1. The van der Waals surface area contributed by atoms with Gasteiger partial charge in [-0.2, -0.15) is 4.31 Å². The Kier molecular flexibility index (Phi) is 5.46. The summed E-state index contributed by atoms with van der Waals surface area (Å²) in [5.41, 5.74) is 0. The second kappa shape index (κ2) is 6.86. The van der Waals surface area contributed by atoms with E-state index in [1.165, 1.54) is 7.05 Å². The van der Waals surface area contributed by atoms with Gasteiger partial charge in [0, 0.05) is 7.05 Å². The van der Waals surface area contributed by atoms with Crippen molar-refractivity contribution >= 4 is 32.5 Å². The molecule has 1 aromatic heterocycles. The molecule has 1 heterocycles. The Labute approximate surface area is 120 Å². The summed E-state index contributed by atoms with van der Waals surface area (Å²) in [5.74, 6) is 4.41. The van der Waals surface area contributed by atoms with E-state index in [4.69, 9.17) is 12.8 Å². The minimum atomic E-state index is -3.93. The first-order valence-corrected chi connectivity index (χ1v) is 7.40. The summed E-state index contributed by atoms with van der Waals surface area (Å²) in [5, 5.41) is 11.7. The van der Waals surface area contributed by atoms with Gasteiger partial charge in [-0.15, -0.1) is 23.0 Å². The normalized spacial score (nSPS) is 10.6. The molecule has 20 heavy (non-hydrogen) atoms. The average Bonchev–Trinajstić information content (AvgIpc) is 2.87. The lowest BCUT2D eigenvalue weighted by Crippen LogP contribution is -2.31. The molecule has 1 aromatic rings. The number of aromatic nitrogens is 2. The molecule has 0 aromatic carbocycles. The van der Waals surface area contributed by atoms with Crippen LogP contribution in [0.15, 0.2) is 4.34 Å². The number of terminal acetylenes is 2. The number of hydrogen-bond acceptors (Lipinski definition) is 6. The molecule has 2 N–H and O–H groups in total. The maximum Gasteiger partial charge on any atom is 0.320 e. The molecule has 2 amide bonds. The molecule has 0 aliphatic rings.